The number of likely N-dealkylation sites (tertiary alicyclic amines) is 1. The largest absolute Gasteiger partial charge is 0.497 e. The van der Waals surface area contributed by atoms with Gasteiger partial charge in [0.05, 0.1) is 25.3 Å². The minimum Gasteiger partial charge on any atom is -0.497 e. The summed E-state index contributed by atoms with van der Waals surface area (Å²) in [5.41, 5.74) is 1.98. The van der Waals surface area contributed by atoms with Crippen molar-refractivity contribution in [3.05, 3.63) is 54.4 Å². The topological polar surface area (TPSA) is 66.0 Å². The van der Waals surface area contributed by atoms with Crippen LogP contribution in [0.2, 0.25) is 0 Å². The number of piperazine rings is 1. The summed E-state index contributed by atoms with van der Waals surface area (Å²) in [5, 5.41) is 0. The number of amides is 2. The molecule has 1 unspecified atom stereocenters. The SMILES string of the molecule is COc1ccc(N2CCN(C(=O)C3CC(=O)N(Cc4ccccn4)C3)CC2)cc1. The Kier molecular flexibility index (Phi) is 5.64. The van der Waals surface area contributed by atoms with Crippen molar-refractivity contribution in [2.45, 2.75) is 13.0 Å². The summed E-state index contributed by atoms with van der Waals surface area (Å²) in [5.74, 6) is 0.713. The lowest BCUT2D eigenvalue weighted by Gasteiger charge is -2.37. The Morgan fingerprint density at radius 3 is 2.52 bits per heavy atom. The van der Waals surface area contributed by atoms with Gasteiger partial charge in [0.15, 0.2) is 0 Å². The van der Waals surface area contributed by atoms with Crippen LogP contribution in [0.5, 0.6) is 5.75 Å². The number of hydrogen-bond acceptors (Lipinski definition) is 5. The van der Waals surface area contributed by atoms with E-state index in [1.807, 2.05) is 47.4 Å². The molecule has 2 aliphatic rings. The maximum atomic E-state index is 13.0. The summed E-state index contributed by atoms with van der Waals surface area (Å²) in [6.45, 7) is 3.87. The van der Waals surface area contributed by atoms with E-state index >= 15 is 0 Å². The van der Waals surface area contributed by atoms with Crippen LogP contribution in [0.3, 0.4) is 0 Å². The van der Waals surface area contributed by atoms with Gasteiger partial charge >= 0.3 is 0 Å². The number of pyridine rings is 1. The number of nitrogens with zero attached hydrogens (tertiary/aromatic N) is 4. The van der Waals surface area contributed by atoms with Crippen LogP contribution in [0.15, 0.2) is 48.7 Å². The highest BCUT2D eigenvalue weighted by atomic mass is 16.5. The zero-order valence-corrected chi connectivity index (χ0v) is 16.7. The maximum absolute atomic E-state index is 13.0. The molecule has 2 saturated heterocycles. The molecule has 7 nitrogen and oxygen atoms in total. The number of aromatic nitrogens is 1. The quantitative estimate of drug-likeness (QED) is 0.774. The molecule has 2 aromatic rings. The highest BCUT2D eigenvalue weighted by Crippen LogP contribution is 2.24. The first-order valence-electron chi connectivity index (χ1n) is 9.99. The van der Waals surface area contributed by atoms with E-state index in [1.54, 1.807) is 18.2 Å². The van der Waals surface area contributed by atoms with Gasteiger partial charge in [-0.25, -0.2) is 0 Å². The van der Waals surface area contributed by atoms with E-state index in [4.69, 9.17) is 4.74 Å². The number of carbonyl (C=O) groups excluding carboxylic acids is 2. The molecule has 152 valence electrons. The van der Waals surface area contributed by atoms with Crippen LogP contribution in [0, 0.1) is 5.92 Å². The molecule has 0 bridgehead atoms. The molecule has 1 aromatic carbocycles. The normalized spacial score (nSPS) is 19.6. The van der Waals surface area contributed by atoms with E-state index in [2.05, 4.69) is 9.88 Å². The molecule has 4 rings (SSSR count). The van der Waals surface area contributed by atoms with E-state index in [1.165, 1.54) is 0 Å². The number of hydrogen-bond donors (Lipinski definition) is 0. The third-order valence-electron chi connectivity index (χ3n) is 5.67. The van der Waals surface area contributed by atoms with E-state index in [0.717, 1.165) is 30.2 Å². The molecule has 1 atom stereocenters. The van der Waals surface area contributed by atoms with Crippen molar-refractivity contribution in [3.63, 3.8) is 0 Å². The van der Waals surface area contributed by atoms with Crippen molar-refractivity contribution < 1.29 is 14.3 Å². The van der Waals surface area contributed by atoms with E-state index in [0.29, 0.717) is 32.6 Å². The van der Waals surface area contributed by atoms with Gasteiger partial charge in [0, 0.05) is 51.0 Å². The van der Waals surface area contributed by atoms with Crippen LogP contribution < -0.4 is 9.64 Å². The van der Waals surface area contributed by atoms with Gasteiger partial charge in [0.2, 0.25) is 11.8 Å². The monoisotopic (exact) mass is 394 g/mol. The summed E-state index contributed by atoms with van der Waals surface area (Å²) in [7, 11) is 1.66. The molecular weight excluding hydrogens is 368 g/mol. The fraction of sp³-hybridized carbons (Fsp3) is 0.409. The molecule has 0 N–H and O–H groups in total. The molecule has 0 aliphatic carbocycles. The van der Waals surface area contributed by atoms with Crippen LogP contribution in [0.1, 0.15) is 12.1 Å². The highest BCUT2D eigenvalue weighted by Gasteiger charge is 2.37. The Morgan fingerprint density at radius 2 is 1.86 bits per heavy atom. The van der Waals surface area contributed by atoms with Crippen molar-refractivity contribution in [2.75, 3.05) is 44.7 Å². The summed E-state index contributed by atoms with van der Waals surface area (Å²) in [6.07, 6.45) is 2.02. The fourth-order valence-corrected chi connectivity index (χ4v) is 4.01. The van der Waals surface area contributed by atoms with Crippen LogP contribution in [-0.2, 0) is 16.1 Å². The highest BCUT2D eigenvalue weighted by molar-refractivity contribution is 5.89. The van der Waals surface area contributed by atoms with Gasteiger partial charge in [-0.1, -0.05) is 6.07 Å². The minimum atomic E-state index is -0.251. The van der Waals surface area contributed by atoms with Gasteiger partial charge in [0.25, 0.3) is 0 Å². The van der Waals surface area contributed by atoms with Crippen LogP contribution >= 0.6 is 0 Å². The summed E-state index contributed by atoms with van der Waals surface area (Å²) < 4.78 is 5.21. The van der Waals surface area contributed by atoms with E-state index in [9.17, 15) is 9.59 Å². The van der Waals surface area contributed by atoms with E-state index in [-0.39, 0.29) is 17.7 Å². The van der Waals surface area contributed by atoms with Gasteiger partial charge in [-0.05, 0) is 36.4 Å². The molecule has 0 spiro atoms. The third kappa shape index (κ3) is 4.34. The molecule has 0 radical (unpaired) electrons. The number of rotatable bonds is 5. The summed E-state index contributed by atoms with van der Waals surface area (Å²) in [4.78, 5) is 35.6. The van der Waals surface area contributed by atoms with Gasteiger partial charge in [0.1, 0.15) is 5.75 Å². The van der Waals surface area contributed by atoms with Gasteiger partial charge in [-0.15, -0.1) is 0 Å². The van der Waals surface area contributed by atoms with Crippen LogP contribution in [-0.4, -0.2) is 66.4 Å². The van der Waals surface area contributed by atoms with Gasteiger partial charge in [-0.2, -0.15) is 0 Å². The van der Waals surface area contributed by atoms with Gasteiger partial charge < -0.3 is 19.4 Å². The predicted molar refractivity (Wildman–Crippen MR) is 110 cm³/mol. The summed E-state index contributed by atoms with van der Waals surface area (Å²) >= 11 is 0. The Morgan fingerprint density at radius 1 is 1.10 bits per heavy atom. The molecule has 2 fully saturated rings. The smallest absolute Gasteiger partial charge is 0.228 e. The Hall–Kier alpha value is -3.09. The van der Waals surface area contributed by atoms with Crippen molar-refractivity contribution in [2.24, 2.45) is 5.92 Å². The number of ether oxygens (including phenoxy) is 1. The lowest BCUT2D eigenvalue weighted by Crippen LogP contribution is -2.50. The molecule has 2 aliphatic heterocycles. The Balaban J connectivity index is 1.31. The second kappa shape index (κ2) is 8.51. The number of methoxy groups -OCH3 is 1. The number of benzene rings is 1. The molecule has 0 saturated carbocycles. The lowest BCUT2D eigenvalue weighted by atomic mass is 10.1. The molecular formula is C22H26N4O3. The fourth-order valence-electron chi connectivity index (χ4n) is 4.01. The molecule has 7 heteroatoms. The van der Waals surface area contributed by atoms with Crippen molar-refractivity contribution in [3.8, 4) is 5.75 Å². The number of anilines is 1. The predicted octanol–water partition coefficient (Wildman–Crippen LogP) is 1.79. The number of carbonyl (C=O) groups is 2. The lowest BCUT2D eigenvalue weighted by molar-refractivity contribution is -0.136. The second-order valence-corrected chi connectivity index (χ2v) is 7.51. The Bertz CT molecular complexity index is 848. The molecule has 1 aromatic heterocycles. The van der Waals surface area contributed by atoms with Crippen LogP contribution in [0.25, 0.3) is 0 Å². The average Bonchev–Trinajstić information content (AvgIpc) is 3.14. The molecule has 29 heavy (non-hydrogen) atoms. The second-order valence-electron chi connectivity index (χ2n) is 7.51. The first-order valence-corrected chi connectivity index (χ1v) is 9.99. The van der Waals surface area contributed by atoms with E-state index < -0.39 is 0 Å². The minimum absolute atomic E-state index is 0.0332. The van der Waals surface area contributed by atoms with Gasteiger partial charge in [-0.3, -0.25) is 14.6 Å². The zero-order chi connectivity index (χ0) is 20.2. The van der Waals surface area contributed by atoms with Crippen LogP contribution in [0.4, 0.5) is 5.69 Å². The Labute approximate surface area is 170 Å². The van der Waals surface area contributed by atoms with Crippen molar-refractivity contribution in [1.29, 1.82) is 0 Å². The van der Waals surface area contributed by atoms with Crippen molar-refractivity contribution >= 4 is 17.5 Å². The van der Waals surface area contributed by atoms with Crippen molar-refractivity contribution in [1.82, 2.24) is 14.8 Å². The standard InChI is InChI=1S/C22H26N4O3/c1-29-20-7-5-19(6-8-20)24-10-12-25(13-11-24)22(28)17-14-21(27)26(15-17)16-18-4-2-3-9-23-18/h2-9,17H,10-16H2,1H3. The first kappa shape index (κ1) is 19.2. The average molecular weight is 394 g/mol. The molecule has 3 heterocycles. The zero-order valence-electron chi connectivity index (χ0n) is 16.7. The molecule has 2 amide bonds. The third-order valence-corrected chi connectivity index (χ3v) is 5.67. The maximum Gasteiger partial charge on any atom is 0.228 e. The first-order chi connectivity index (χ1) is 14.1. The summed E-state index contributed by atoms with van der Waals surface area (Å²) in [6, 6.07) is 13.7.